The average molecular weight is 425 g/mol. The van der Waals surface area contributed by atoms with Crippen LogP contribution in [0.4, 0.5) is 5.13 Å². The van der Waals surface area contributed by atoms with Gasteiger partial charge in [-0.3, -0.25) is 14.3 Å². The Labute approximate surface area is 175 Å². The second-order valence-corrected chi connectivity index (χ2v) is 7.57. The summed E-state index contributed by atoms with van der Waals surface area (Å²) in [6.45, 7) is 0. The van der Waals surface area contributed by atoms with Gasteiger partial charge in [-0.15, -0.1) is 21.5 Å². The van der Waals surface area contributed by atoms with Crippen molar-refractivity contribution in [2.24, 2.45) is 0 Å². The lowest BCUT2D eigenvalue weighted by molar-refractivity contribution is -0.113. The van der Waals surface area contributed by atoms with Crippen molar-refractivity contribution in [3.63, 3.8) is 0 Å². The van der Waals surface area contributed by atoms with Crippen molar-refractivity contribution in [2.75, 3.05) is 18.2 Å². The van der Waals surface area contributed by atoms with Gasteiger partial charge in [-0.05, 0) is 24.3 Å². The number of nitrogens with zero attached hydrogens (tertiary/aromatic N) is 5. The van der Waals surface area contributed by atoms with Gasteiger partial charge < -0.3 is 10.1 Å². The molecule has 4 rings (SSSR count). The molecule has 10 heteroatoms. The van der Waals surface area contributed by atoms with Crippen LogP contribution >= 0.6 is 23.1 Å². The zero-order chi connectivity index (χ0) is 20.1. The summed E-state index contributed by atoms with van der Waals surface area (Å²) in [6, 6.07) is 11.3. The molecule has 0 atom stereocenters. The summed E-state index contributed by atoms with van der Waals surface area (Å²) < 4.78 is 7.40. The number of rotatable bonds is 7. The second-order valence-electron chi connectivity index (χ2n) is 5.73. The van der Waals surface area contributed by atoms with Crippen molar-refractivity contribution in [1.82, 2.24) is 24.7 Å². The Balaban J connectivity index is 1.67. The third kappa shape index (κ3) is 4.28. The number of ether oxygens (including phenoxy) is 1. The summed E-state index contributed by atoms with van der Waals surface area (Å²) in [6.07, 6.45) is 5.07. The fourth-order valence-electron chi connectivity index (χ4n) is 2.65. The van der Waals surface area contributed by atoms with Crippen LogP contribution in [0.3, 0.4) is 0 Å². The van der Waals surface area contributed by atoms with Crippen LogP contribution in [0.15, 0.2) is 65.5 Å². The largest absolute Gasteiger partial charge is 0.495 e. The molecule has 146 valence electrons. The fraction of sp³-hybridized carbons (Fsp3) is 0.105. The average Bonchev–Trinajstić information content (AvgIpc) is 3.42. The Bertz CT molecular complexity index is 1100. The summed E-state index contributed by atoms with van der Waals surface area (Å²) >= 11 is 2.66. The monoisotopic (exact) mass is 424 g/mol. The maximum atomic E-state index is 12.3. The lowest BCUT2D eigenvalue weighted by Crippen LogP contribution is -2.14. The van der Waals surface area contributed by atoms with E-state index in [9.17, 15) is 4.79 Å². The van der Waals surface area contributed by atoms with Crippen molar-refractivity contribution in [3.8, 4) is 22.8 Å². The molecule has 0 spiro atoms. The third-order valence-electron chi connectivity index (χ3n) is 3.89. The van der Waals surface area contributed by atoms with Crippen LogP contribution in [0.5, 0.6) is 5.75 Å². The quantitative estimate of drug-likeness (QED) is 0.454. The van der Waals surface area contributed by atoms with E-state index in [1.165, 1.54) is 23.1 Å². The number of hydrogen-bond donors (Lipinski definition) is 1. The lowest BCUT2D eigenvalue weighted by atomic mass is 10.2. The van der Waals surface area contributed by atoms with Crippen molar-refractivity contribution in [1.29, 1.82) is 0 Å². The molecule has 4 aromatic rings. The van der Waals surface area contributed by atoms with Crippen LogP contribution in [-0.4, -0.2) is 43.5 Å². The molecule has 0 aliphatic carbocycles. The first kappa shape index (κ1) is 19.1. The highest BCUT2D eigenvalue weighted by atomic mass is 32.2. The van der Waals surface area contributed by atoms with E-state index in [2.05, 4.69) is 25.5 Å². The number of amides is 1. The van der Waals surface area contributed by atoms with Gasteiger partial charge in [0.05, 0.1) is 18.6 Å². The summed E-state index contributed by atoms with van der Waals surface area (Å²) in [5.74, 6) is 1.29. The van der Waals surface area contributed by atoms with Gasteiger partial charge in [-0.2, -0.15) is 0 Å². The Morgan fingerprint density at radius 2 is 2.10 bits per heavy atom. The molecule has 29 heavy (non-hydrogen) atoms. The predicted octanol–water partition coefficient (Wildman–Crippen LogP) is 3.53. The zero-order valence-corrected chi connectivity index (χ0v) is 17.0. The van der Waals surface area contributed by atoms with Crippen LogP contribution in [0.1, 0.15) is 0 Å². The maximum Gasteiger partial charge on any atom is 0.236 e. The highest BCUT2D eigenvalue weighted by Crippen LogP contribution is 2.32. The van der Waals surface area contributed by atoms with Gasteiger partial charge in [0.25, 0.3) is 0 Å². The molecule has 3 aromatic heterocycles. The molecule has 1 aromatic carbocycles. The first-order valence-electron chi connectivity index (χ1n) is 8.57. The minimum absolute atomic E-state index is 0.164. The summed E-state index contributed by atoms with van der Waals surface area (Å²) in [5.41, 5.74) is 1.59. The van der Waals surface area contributed by atoms with Gasteiger partial charge in [-0.25, -0.2) is 4.98 Å². The molecule has 1 N–H and O–H groups in total. The van der Waals surface area contributed by atoms with Crippen LogP contribution in [0.2, 0.25) is 0 Å². The lowest BCUT2D eigenvalue weighted by Gasteiger charge is -2.13. The molecule has 0 radical (unpaired) electrons. The second kappa shape index (κ2) is 8.84. The predicted molar refractivity (Wildman–Crippen MR) is 113 cm³/mol. The molecule has 8 nitrogen and oxygen atoms in total. The molecular weight excluding hydrogens is 408 g/mol. The number of aromatic nitrogens is 5. The smallest absolute Gasteiger partial charge is 0.236 e. The molecule has 0 aliphatic heterocycles. The molecule has 0 aliphatic rings. The molecule has 0 fully saturated rings. The van der Waals surface area contributed by atoms with Gasteiger partial charge in [0.1, 0.15) is 5.75 Å². The van der Waals surface area contributed by atoms with Crippen LogP contribution in [-0.2, 0) is 4.79 Å². The van der Waals surface area contributed by atoms with E-state index in [0.717, 1.165) is 11.3 Å². The Morgan fingerprint density at radius 3 is 2.86 bits per heavy atom. The number of thiazole rings is 1. The van der Waals surface area contributed by atoms with Crippen molar-refractivity contribution >= 4 is 34.1 Å². The fourth-order valence-corrected chi connectivity index (χ4v) is 3.94. The van der Waals surface area contributed by atoms with E-state index in [1.807, 2.05) is 41.0 Å². The molecule has 3 heterocycles. The van der Waals surface area contributed by atoms with E-state index >= 15 is 0 Å². The van der Waals surface area contributed by atoms with Gasteiger partial charge in [-0.1, -0.05) is 23.9 Å². The first-order chi connectivity index (χ1) is 14.3. The zero-order valence-electron chi connectivity index (χ0n) is 15.3. The van der Waals surface area contributed by atoms with E-state index in [0.29, 0.717) is 21.9 Å². The highest BCUT2D eigenvalue weighted by Gasteiger charge is 2.20. The minimum Gasteiger partial charge on any atom is -0.495 e. The Kier molecular flexibility index (Phi) is 5.82. The summed E-state index contributed by atoms with van der Waals surface area (Å²) in [4.78, 5) is 20.5. The highest BCUT2D eigenvalue weighted by molar-refractivity contribution is 7.99. The summed E-state index contributed by atoms with van der Waals surface area (Å²) in [5, 5.41) is 14.4. The van der Waals surface area contributed by atoms with Gasteiger partial charge in [0.15, 0.2) is 16.1 Å². The number of hydrogen-bond acceptors (Lipinski definition) is 8. The van der Waals surface area contributed by atoms with Crippen LogP contribution < -0.4 is 10.1 Å². The van der Waals surface area contributed by atoms with Crippen molar-refractivity contribution < 1.29 is 9.53 Å². The van der Waals surface area contributed by atoms with E-state index in [4.69, 9.17) is 4.74 Å². The standard InChI is InChI=1S/C19H16N6O2S2/c1-27-15-7-3-2-6-14(15)25-17(13-5-4-8-20-11-13)23-24-19(25)29-12-16(26)22-18-21-9-10-28-18/h2-11H,12H2,1H3,(H,21,22,26). The number of pyridine rings is 1. The SMILES string of the molecule is COc1ccccc1-n1c(SCC(=O)Nc2nccs2)nnc1-c1cccnc1. The Hall–Kier alpha value is -3.24. The van der Waals surface area contributed by atoms with Crippen molar-refractivity contribution in [2.45, 2.75) is 5.16 Å². The molecule has 0 saturated heterocycles. The van der Waals surface area contributed by atoms with E-state index in [-0.39, 0.29) is 11.7 Å². The van der Waals surface area contributed by atoms with Crippen LogP contribution in [0.25, 0.3) is 17.1 Å². The number of thioether (sulfide) groups is 1. The van der Waals surface area contributed by atoms with E-state index in [1.54, 1.807) is 31.1 Å². The number of anilines is 1. The van der Waals surface area contributed by atoms with E-state index < -0.39 is 0 Å². The van der Waals surface area contributed by atoms with Crippen molar-refractivity contribution in [3.05, 3.63) is 60.4 Å². The normalized spacial score (nSPS) is 10.7. The third-order valence-corrected chi connectivity index (χ3v) is 5.51. The molecule has 0 saturated carbocycles. The topological polar surface area (TPSA) is 94.8 Å². The number of methoxy groups -OCH3 is 1. The molecule has 1 amide bonds. The first-order valence-corrected chi connectivity index (χ1v) is 10.4. The van der Waals surface area contributed by atoms with Gasteiger partial charge in [0, 0.05) is 29.5 Å². The minimum atomic E-state index is -0.164. The molecule has 0 bridgehead atoms. The number of carbonyl (C=O) groups excluding carboxylic acids is 1. The number of benzene rings is 1. The molecule has 0 unspecified atom stereocenters. The van der Waals surface area contributed by atoms with Gasteiger partial charge in [0.2, 0.25) is 5.91 Å². The Morgan fingerprint density at radius 1 is 1.21 bits per heavy atom. The number of nitrogens with one attached hydrogen (secondary N) is 1. The maximum absolute atomic E-state index is 12.3. The number of para-hydroxylation sites is 2. The number of carbonyl (C=O) groups is 1. The molecular formula is C19H16N6O2S2. The van der Waals surface area contributed by atoms with Crippen LogP contribution in [0, 0.1) is 0 Å². The summed E-state index contributed by atoms with van der Waals surface area (Å²) in [7, 11) is 1.61. The van der Waals surface area contributed by atoms with Gasteiger partial charge >= 0.3 is 0 Å².